The molecule has 0 amide bonds. The molecule has 0 fully saturated rings. The minimum absolute atomic E-state index is 0.0877. The lowest BCUT2D eigenvalue weighted by molar-refractivity contribution is 0.265. The van der Waals surface area contributed by atoms with Gasteiger partial charge in [0.1, 0.15) is 0 Å². The molecular weight excluding hydrogens is 208 g/mol. The number of aliphatic hydroxyl groups excluding tert-OH is 1. The minimum Gasteiger partial charge on any atom is -0.394 e. The summed E-state index contributed by atoms with van der Waals surface area (Å²) in [6.07, 6.45) is 1.65. The molecule has 0 aromatic carbocycles. The standard InChI is InChI=1S/C7H9BrN2O/c8-5-2-1-3-10-7(5)6(9)4-11/h1-3,6,11H,4,9H2/t6-/m0/s1. The van der Waals surface area contributed by atoms with Crippen molar-refractivity contribution in [3.63, 3.8) is 0 Å². The van der Waals surface area contributed by atoms with Crippen LogP contribution in [0.4, 0.5) is 0 Å². The van der Waals surface area contributed by atoms with E-state index in [9.17, 15) is 0 Å². The Bertz CT molecular complexity index is 242. The van der Waals surface area contributed by atoms with Gasteiger partial charge in [0.15, 0.2) is 0 Å². The highest BCUT2D eigenvalue weighted by Crippen LogP contribution is 2.18. The van der Waals surface area contributed by atoms with Gasteiger partial charge in [-0.05, 0) is 28.1 Å². The van der Waals surface area contributed by atoms with Crippen LogP contribution in [-0.2, 0) is 0 Å². The minimum atomic E-state index is -0.398. The highest BCUT2D eigenvalue weighted by Gasteiger charge is 2.08. The zero-order valence-electron chi connectivity index (χ0n) is 5.87. The van der Waals surface area contributed by atoms with E-state index in [1.807, 2.05) is 6.07 Å². The molecule has 3 nitrogen and oxygen atoms in total. The van der Waals surface area contributed by atoms with E-state index >= 15 is 0 Å². The highest BCUT2D eigenvalue weighted by atomic mass is 79.9. The van der Waals surface area contributed by atoms with Gasteiger partial charge in [0.05, 0.1) is 18.3 Å². The smallest absolute Gasteiger partial charge is 0.0736 e. The van der Waals surface area contributed by atoms with Crippen molar-refractivity contribution in [2.45, 2.75) is 6.04 Å². The second-order valence-electron chi connectivity index (χ2n) is 2.16. The number of halogens is 1. The fourth-order valence-electron chi connectivity index (χ4n) is 0.757. The monoisotopic (exact) mass is 216 g/mol. The molecule has 0 aliphatic rings. The number of aliphatic hydroxyl groups is 1. The maximum atomic E-state index is 8.73. The van der Waals surface area contributed by atoms with E-state index in [0.717, 1.165) is 4.47 Å². The van der Waals surface area contributed by atoms with Crippen molar-refractivity contribution in [2.75, 3.05) is 6.61 Å². The zero-order valence-corrected chi connectivity index (χ0v) is 7.45. The first-order valence-electron chi connectivity index (χ1n) is 3.22. The van der Waals surface area contributed by atoms with E-state index in [2.05, 4.69) is 20.9 Å². The summed E-state index contributed by atoms with van der Waals surface area (Å²) in [5, 5.41) is 8.73. The van der Waals surface area contributed by atoms with Crippen LogP contribution in [0.2, 0.25) is 0 Å². The van der Waals surface area contributed by atoms with Gasteiger partial charge in [-0.2, -0.15) is 0 Å². The summed E-state index contributed by atoms with van der Waals surface area (Å²) in [6, 6.07) is 3.25. The van der Waals surface area contributed by atoms with Crippen molar-refractivity contribution in [3.8, 4) is 0 Å². The van der Waals surface area contributed by atoms with Gasteiger partial charge in [0.2, 0.25) is 0 Å². The van der Waals surface area contributed by atoms with Crippen molar-refractivity contribution in [2.24, 2.45) is 5.73 Å². The van der Waals surface area contributed by atoms with Crippen molar-refractivity contribution < 1.29 is 5.11 Å². The molecule has 1 rings (SSSR count). The summed E-state index contributed by atoms with van der Waals surface area (Å²) in [5.74, 6) is 0. The first kappa shape index (κ1) is 8.64. The number of nitrogens with two attached hydrogens (primary N) is 1. The van der Waals surface area contributed by atoms with Gasteiger partial charge in [0.25, 0.3) is 0 Å². The summed E-state index contributed by atoms with van der Waals surface area (Å²) in [5.41, 5.74) is 6.24. The quantitative estimate of drug-likeness (QED) is 0.771. The second kappa shape index (κ2) is 3.80. The Labute approximate surface area is 73.4 Å². The van der Waals surface area contributed by atoms with Crippen LogP contribution >= 0.6 is 15.9 Å². The first-order chi connectivity index (χ1) is 5.25. The third-order valence-corrected chi connectivity index (χ3v) is 2.01. The molecule has 11 heavy (non-hydrogen) atoms. The molecular formula is C7H9BrN2O. The van der Waals surface area contributed by atoms with E-state index in [0.29, 0.717) is 5.69 Å². The van der Waals surface area contributed by atoms with Gasteiger partial charge in [-0.1, -0.05) is 0 Å². The molecule has 0 unspecified atom stereocenters. The van der Waals surface area contributed by atoms with Crippen LogP contribution in [0.5, 0.6) is 0 Å². The summed E-state index contributed by atoms with van der Waals surface area (Å²) in [6.45, 7) is -0.0877. The van der Waals surface area contributed by atoms with E-state index in [1.165, 1.54) is 0 Å². The van der Waals surface area contributed by atoms with E-state index in [1.54, 1.807) is 12.3 Å². The van der Waals surface area contributed by atoms with E-state index in [-0.39, 0.29) is 6.61 Å². The molecule has 1 atom stereocenters. The van der Waals surface area contributed by atoms with Crippen LogP contribution in [0.25, 0.3) is 0 Å². The van der Waals surface area contributed by atoms with Crippen LogP contribution in [0.3, 0.4) is 0 Å². The third-order valence-electron chi connectivity index (χ3n) is 1.33. The predicted octanol–water partition coefficient (Wildman–Crippen LogP) is 0.836. The SMILES string of the molecule is N[C@@H](CO)c1ncccc1Br. The van der Waals surface area contributed by atoms with E-state index in [4.69, 9.17) is 10.8 Å². The van der Waals surface area contributed by atoms with Gasteiger partial charge >= 0.3 is 0 Å². The summed E-state index contributed by atoms with van der Waals surface area (Å²) in [4.78, 5) is 4.02. The van der Waals surface area contributed by atoms with Gasteiger partial charge in [-0.15, -0.1) is 0 Å². The molecule has 0 spiro atoms. The number of hydrogen-bond donors (Lipinski definition) is 2. The third kappa shape index (κ3) is 1.99. The van der Waals surface area contributed by atoms with Crippen LogP contribution in [0, 0.1) is 0 Å². The number of nitrogens with zero attached hydrogens (tertiary/aromatic N) is 1. The highest BCUT2D eigenvalue weighted by molar-refractivity contribution is 9.10. The Morgan fingerprint density at radius 2 is 2.45 bits per heavy atom. The number of pyridine rings is 1. The summed E-state index contributed by atoms with van der Waals surface area (Å²) >= 11 is 3.28. The molecule has 0 saturated carbocycles. The summed E-state index contributed by atoms with van der Waals surface area (Å²) in [7, 11) is 0. The molecule has 1 aromatic rings. The fourth-order valence-corrected chi connectivity index (χ4v) is 1.31. The Morgan fingerprint density at radius 1 is 1.73 bits per heavy atom. The van der Waals surface area contributed by atoms with Crippen LogP contribution in [0.1, 0.15) is 11.7 Å². The zero-order chi connectivity index (χ0) is 8.27. The Kier molecular flexibility index (Phi) is 2.99. The van der Waals surface area contributed by atoms with Crippen molar-refractivity contribution in [3.05, 3.63) is 28.5 Å². The lowest BCUT2D eigenvalue weighted by Gasteiger charge is -2.07. The molecule has 1 heterocycles. The second-order valence-corrected chi connectivity index (χ2v) is 3.01. The number of aromatic nitrogens is 1. The molecule has 0 radical (unpaired) electrons. The van der Waals surface area contributed by atoms with Crippen LogP contribution in [0.15, 0.2) is 22.8 Å². The predicted molar refractivity (Wildman–Crippen MR) is 46.0 cm³/mol. The topological polar surface area (TPSA) is 59.1 Å². The average Bonchev–Trinajstić information content (AvgIpc) is 2.04. The molecule has 1 aromatic heterocycles. The Morgan fingerprint density at radius 3 is 3.00 bits per heavy atom. The van der Waals surface area contributed by atoms with Crippen molar-refractivity contribution in [1.82, 2.24) is 4.98 Å². The maximum Gasteiger partial charge on any atom is 0.0736 e. The fraction of sp³-hybridized carbons (Fsp3) is 0.286. The van der Waals surface area contributed by atoms with E-state index < -0.39 is 6.04 Å². The molecule has 0 bridgehead atoms. The lowest BCUT2D eigenvalue weighted by atomic mass is 10.2. The lowest BCUT2D eigenvalue weighted by Crippen LogP contribution is -2.16. The molecule has 0 aliphatic carbocycles. The molecule has 0 saturated heterocycles. The molecule has 60 valence electrons. The van der Waals surface area contributed by atoms with Gasteiger partial charge in [-0.3, -0.25) is 4.98 Å². The number of hydrogen-bond acceptors (Lipinski definition) is 3. The van der Waals surface area contributed by atoms with Crippen molar-refractivity contribution >= 4 is 15.9 Å². The largest absolute Gasteiger partial charge is 0.394 e. The first-order valence-corrected chi connectivity index (χ1v) is 4.02. The Hall–Kier alpha value is -0.450. The normalized spacial score (nSPS) is 13.0. The summed E-state index contributed by atoms with van der Waals surface area (Å²) < 4.78 is 0.835. The van der Waals surface area contributed by atoms with Gasteiger partial charge in [-0.25, -0.2) is 0 Å². The van der Waals surface area contributed by atoms with Crippen LogP contribution in [-0.4, -0.2) is 16.7 Å². The molecule has 0 aliphatic heterocycles. The van der Waals surface area contributed by atoms with Gasteiger partial charge in [0, 0.05) is 10.7 Å². The van der Waals surface area contributed by atoms with Crippen LogP contribution < -0.4 is 5.73 Å². The maximum absolute atomic E-state index is 8.73. The number of rotatable bonds is 2. The molecule has 4 heteroatoms. The Balaban J connectivity index is 2.93. The van der Waals surface area contributed by atoms with Gasteiger partial charge < -0.3 is 10.8 Å². The average molecular weight is 217 g/mol. The molecule has 3 N–H and O–H groups in total. The van der Waals surface area contributed by atoms with Crippen molar-refractivity contribution in [1.29, 1.82) is 0 Å².